The molecule has 1 saturated carbocycles. The molecule has 3 nitrogen and oxygen atoms in total. The van der Waals surface area contributed by atoms with Crippen molar-refractivity contribution in [3.8, 4) is 0 Å². The number of carbonyl (C=O) groups is 1. The summed E-state index contributed by atoms with van der Waals surface area (Å²) < 4.78 is 5.00. The van der Waals surface area contributed by atoms with E-state index in [0.29, 0.717) is 13.0 Å². The first kappa shape index (κ1) is 12.9. The molecule has 98 valence electrons. The maximum Gasteiger partial charge on any atom is 0.307 e. The van der Waals surface area contributed by atoms with Crippen LogP contribution in [0.2, 0.25) is 0 Å². The molecule has 2 atom stereocenters. The highest BCUT2D eigenvalue weighted by molar-refractivity contribution is 5.69. The van der Waals surface area contributed by atoms with Crippen LogP contribution in [0.5, 0.6) is 0 Å². The standard InChI is InChI=1S/C14H25NO2/c1-2-17-14(16)9-11-15-10-5-7-12-6-3-4-8-13(12)15/h12-13H,2-11H2,1H3. The first-order chi connectivity index (χ1) is 8.31. The fraction of sp³-hybridized carbons (Fsp3) is 0.929. The van der Waals surface area contributed by atoms with E-state index in [1.54, 1.807) is 0 Å². The van der Waals surface area contributed by atoms with Crippen molar-refractivity contribution in [1.29, 1.82) is 0 Å². The molecule has 0 aromatic heterocycles. The first-order valence-electron chi connectivity index (χ1n) is 7.21. The van der Waals surface area contributed by atoms with E-state index in [4.69, 9.17) is 4.74 Å². The Labute approximate surface area is 105 Å². The van der Waals surface area contributed by atoms with E-state index in [1.807, 2.05) is 6.92 Å². The Morgan fingerprint density at radius 3 is 2.82 bits per heavy atom. The summed E-state index contributed by atoms with van der Waals surface area (Å²) in [6, 6.07) is 0.756. The number of rotatable bonds is 4. The molecule has 0 N–H and O–H groups in total. The summed E-state index contributed by atoms with van der Waals surface area (Å²) in [7, 11) is 0. The van der Waals surface area contributed by atoms with E-state index >= 15 is 0 Å². The quantitative estimate of drug-likeness (QED) is 0.706. The Kier molecular flexibility index (Phi) is 4.84. The van der Waals surface area contributed by atoms with Gasteiger partial charge in [0.2, 0.25) is 0 Å². The van der Waals surface area contributed by atoms with Gasteiger partial charge in [-0.3, -0.25) is 9.69 Å². The fourth-order valence-electron chi connectivity index (χ4n) is 3.47. The molecule has 3 heteroatoms. The molecule has 0 bridgehead atoms. The highest BCUT2D eigenvalue weighted by Gasteiger charge is 2.32. The molecule has 2 rings (SSSR count). The van der Waals surface area contributed by atoms with Gasteiger partial charge in [-0.1, -0.05) is 12.8 Å². The second kappa shape index (κ2) is 6.39. The molecule has 1 aliphatic heterocycles. The molecule has 1 aliphatic carbocycles. The van der Waals surface area contributed by atoms with E-state index in [2.05, 4.69) is 4.90 Å². The number of piperidine rings is 1. The topological polar surface area (TPSA) is 29.5 Å². The van der Waals surface area contributed by atoms with E-state index in [1.165, 1.54) is 45.1 Å². The molecule has 2 aliphatic rings. The lowest BCUT2D eigenvalue weighted by Gasteiger charge is -2.44. The second-order valence-corrected chi connectivity index (χ2v) is 5.35. The van der Waals surface area contributed by atoms with Crippen LogP contribution in [-0.4, -0.2) is 36.6 Å². The zero-order chi connectivity index (χ0) is 12.1. The van der Waals surface area contributed by atoms with Gasteiger partial charge in [-0.05, 0) is 45.1 Å². The molecule has 0 aromatic carbocycles. The van der Waals surface area contributed by atoms with Crippen molar-refractivity contribution in [2.75, 3.05) is 19.7 Å². The van der Waals surface area contributed by atoms with Crippen molar-refractivity contribution >= 4 is 5.97 Å². The zero-order valence-corrected chi connectivity index (χ0v) is 11.0. The lowest BCUT2D eigenvalue weighted by molar-refractivity contribution is -0.143. The second-order valence-electron chi connectivity index (χ2n) is 5.35. The predicted octanol–water partition coefficient (Wildman–Crippen LogP) is 2.59. The summed E-state index contributed by atoms with van der Waals surface area (Å²) in [5.41, 5.74) is 0. The molecule has 1 heterocycles. The van der Waals surface area contributed by atoms with Crippen LogP contribution in [0.25, 0.3) is 0 Å². The molecule has 0 radical (unpaired) electrons. The van der Waals surface area contributed by atoms with Crippen LogP contribution in [0.1, 0.15) is 51.9 Å². The van der Waals surface area contributed by atoms with Crippen LogP contribution in [0.3, 0.4) is 0 Å². The molecular weight excluding hydrogens is 214 g/mol. The highest BCUT2D eigenvalue weighted by Crippen LogP contribution is 2.35. The third kappa shape index (κ3) is 3.44. The Bertz CT molecular complexity index is 253. The van der Waals surface area contributed by atoms with Crippen LogP contribution in [0, 0.1) is 5.92 Å². The number of nitrogens with zero attached hydrogens (tertiary/aromatic N) is 1. The summed E-state index contributed by atoms with van der Waals surface area (Å²) in [5, 5.41) is 0. The van der Waals surface area contributed by atoms with E-state index in [9.17, 15) is 4.79 Å². The third-order valence-corrected chi connectivity index (χ3v) is 4.27. The summed E-state index contributed by atoms with van der Waals surface area (Å²) in [6.07, 6.45) is 8.81. The van der Waals surface area contributed by atoms with Crippen molar-refractivity contribution in [2.24, 2.45) is 5.92 Å². The third-order valence-electron chi connectivity index (χ3n) is 4.27. The molecule has 17 heavy (non-hydrogen) atoms. The zero-order valence-electron chi connectivity index (χ0n) is 11.0. The van der Waals surface area contributed by atoms with Gasteiger partial charge in [0.15, 0.2) is 0 Å². The van der Waals surface area contributed by atoms with E-state index in [0.717, 1.165) is 18.5 Å². The number of carbonyl (C=O) groups excluding carboxylic acids is 1. The number of fused-ring (bicyclic) bond motifs is 1. The van der Waals surface area contributed by atoms with Crippen molar-refractivity contribution in [2.45, 2.75) is 57.9 Å². The van der Waals surface area contributed by atoms with Crippen molar-refractivity contribution in [3.63, 3.8) is 0 Å². The Morgan fingerprint density at radius 2 is 2.00 bits per heavy atom. The van der Waals surface area contributed by atoms with Gasteiger partial charge in [-0.15, -0.1) is 0 Å². The fourth-order valence-corrected chi connectivity index (χ4v) is 3.47. The Morgan fingerprint density at radius 1 is 1.24 bits per heavy atom. The maximum absolute atomic E-state index is 11.4. The number of likely N-dealkylation sites (tertiary alicyclic amines) is 1. The largest absolute Gasteiger partial charge is 0.466 e. The molecule has 2 fully saturated rings. The summed E-state index contributed by atoms with van der Waals surface area (Å²) in [4.78, 5) is 13.9. The number of hydrogen-bond donors (Lipinski definition) is 0. The Hall–Kier alpha value is -0.570. The van der Waals surface area contributed by atoms with Gasteiger partial charge in [-0.25, -0.2) is 0 Å². The van der Waals surface area contributed by atoms with Gasteiger partial charge in [0.05, 0.1) is 13.0 Å². The summed E-state index contributed by atoms with van der Waals surface area (Å²) >= 11 is 0. The van der Waals surface area contributed by atoms with Crippen molar-refractivity contribution in [3.05, 3.63) is 0 Å². The normalized spacial score (nSPS) is 29.7. The molecular formula is C14H25NO2. The molecule has 1 saturated heterocycles. The number of hydrogen-bond acceptors (Lipinski definition) is 3. The first-order valence-corrected chi connectivity index (χ1v) is 7.21. The van der Waals surface area contributed by atoms with E-state index in [-0.39, 0.29) is 5.97 Å². The smallest absolute Gasteiger partial charge is 0.307 e. The molecule has 2 unspecified atom stereocenters. The minimum absolute atomic E-state index is 0.0366. The lowest BCUT2D eigenvalue weighted by atomic mass is 9.78. The van der Waals surface area contributed by atoms with Gasteiger partial charge >= 0.3 is 5.97 Å². The average molecular weight is 239 g/mol. The van der Waals surface area contributed by atoms with E-state index < -0.39 is 0 Å². The van der Waals surface area contributed by atoms with Gasteiger partial charge in [0.25, 0.3) is 0 Å². The van der Waals surface area contributed by atoms with Gasteiger partial charge in [-0.2, -0.15) is 0 Å². The predicted molar refractivity (Wildman–Crippen MR) is 67.8 cm³/mol. The molecule has 0 amide bonds. The number of esters is 1. The van der Waals surface area contributed by atoms with Crippen LogP contribution >= 0.6 is 0 Å². The van der Waals surface area contributed by atoms with Gasteiger partial charge in [0, 0.05) is 12.6 Å². The van der Waals surface area contributed by atoms with Crippen LogP contribution in [0.15, 0.2) is 0 Å². The van der Waals surface area contributed by atoms with Crippen molar-refractivity contribution < 1.29 is 9.53 Å². The van der Waals surface area contributed by atoms with Crippen molar-refractivity contribution in [1.82, 2.24) is 4.90 Å². The minimum atomic E-state index is -0.0366. The maximum atomic E-state index is 11.4. The highest BCUT2D eigenvalue weighted by atomic mass is 16.5. The monoisotopic (exact) mass is 239 g/mol. The van der Waals surface area contributed by atoms with Gasteiger partial charge < -0.3 is 4.74 Å². The van der Waals surface area contributed by atoms with Gasteiger partial charge in [0.1, 0.15) is 0 Å². The molecule has 0 spiro atoms. The summed E-state index contributed by atoms with van der Waals surface area (Å²) in [5.74, 6) is 0.866. The van der Waals surface area contributed by atoms with Crippen LogP contribution in [-0.2, 0) is 9.53 Å². The molecule has 0 aromatic rings. The van der Waals surface area contributed by atoms with Crippen LogP contribution in [0.4, 0.5) is 0 Å². The lowest BCUT2D eigenvalue weighted by Crippen LogP contribution is -2.47. The van der Waals surface area contributed by atoms with Crippen LogP contribution < -0.4 is 0 Å². The minimum Gasteiger partial charge on any atom is -0.466 e. The summed E-state index contributed by atoms with van der Waals surface area (Å²) in [6.45, 7) is 4.46. The Balaban J connectivity index is 1.80. The average Bonchev–Trinajstić information content (AvgIpc) is 2.36. The SMILES string of the molecule is CCOC(=O)CCN1CCCC2CCCCC21. The number of ether oxygens (including phenoxy) is 1.